The van der Waals surface area contributed by atoms with Gasteiger partial charge in [-0.3, -0.25) is 9.52 Å². The van der Waals surface area contributed by atoms with Crippen LogP contribution in [0.2, 0.25) is 5.02 Å². The minimum absolute atomic E-state index is 0.0594. The van der Waals surface area contributed by atoms with E-state index < -0.39 is 10.0 Å². The number of nitrogens with zero attached hydrogens (tertiary/aromatic N) is 6. The van der Waals surface area contributed by atoms with Gasteiger partial charge in [-0.05, 0) is 156 Å². The molecule has 12 nitrogen and oxygen atoms in total. The number of aryl methyl sites for hydroxylation is 1. The number of hydrogen-bond donors (Lipinski definition) is 3. The van der Waals surface area contributed by atoms with Gasteiger partial charge in [0.15, 0.2) is 0 Å². The highest BCUT2D eigenvalue weighted by molar-refractivity contribution is 7.99. The fourth-order valence-electron chi connectivity index (χ4n) is 9.52. The molecule has 2 fully saturated rings. The number of piperazine rings is 2. The van der Waals surface area contributed by atoms with Crippen molar-refractivity contribution in [2.75, 3.05) is 119 Å². The molecule has 1 amide bonds. The first kappa shape index (κ1) is 51.9. The molecule has 8 rings (SSSR count). The monoisotopic (exact) mass is 1020 g/mol. The zero-order valence-electron chi connectivity index (χ0n) is 42.1. The summed E-state index contributed by atoms with van der Waals surface area (Å²) in [6.07, 6.45) is 1.85. The van der Waals surface area contributed by atoms with Gasteiger partial charge in [0.25, 0.3) is 15.9 Å². The number of nitrogens with one attached hydrogen (secondary N) is 3. The largest absolute Gasteiger partial charge is 0.381 e. The summed E-state index contributed by atoms with van der Waals surface area (Å²) in [7, 11) is 4.54. The molecule has 6 aromatic rings. The standard InChI is InChI=1S/C56H70ClN9O3S2/c1-41-38-51(24-25-52(41)59-47(26-29-61(3)4)40-70-50-14-8-7-9-15-50)71(68,69)60-46-20-22-48(23-21-46)65-34-36-66(37-35-65)49-13-10-12-44(39-49)54-53(42(2)63(6)55(54)43-16-18-45(57)19-17-43)56(67)58-27-11-28-64-32-30-62(5)31-33-64/h7-10,12-25,38-39,47,59-60H,11,26-37,40H2,1-6H3,(H,58,67)/t47-/m1/s1. The second kappa shape index (κ2) is 23.8. The summed E-state index contributed by atoms with van der Waals surface area (Å²) < 4.78 is 32.3. The van der Waals surface area contributed by atoms with Crippen LogP contribution in [0.3, 0.4) is 0 Å². The van der Waals surface area contributed by atoms with E-state index in [1.165, 1.54) is 4.90 Å². The first-order valence-corrected chi connectivity index (χ1v) is 27.6. The lowest BCUT2D eigenvalue weighted by Gasteiger charge is -2.37. The first-order valence-electron chi connectivity index (χ1n) is 24.8. The van der Waals surface area contributed by atoms with Gasteiger partial charge in [-0.15, -0.1) is 11.8 Å². The SMILES string of the molecule is Cc1cc(S(=O)(=O)Nc2ccc(N3CCN(c4cccc(-c5c(C(=O)NCCCN6CCN(C)CC6)c(C)n(C)c5-c5ccc(Cl)cc5)c4)CC3)cc2)ccc1N[C@H](CCN(C)C)CSc1ccccc1. The van der Waals surface area contributed by atoms with Crippen molar-refractivity contribution in [1.82, 2.24) is 24.6 Å². The lowest BCUT2D eigenvalue weighted by Crippen LogP contribution is -2.46. The summed E-state index contributed by atoms with van der Waals surface area (Å²) in [6, 6.07) is 40.0. The van der Waals surface area contributed by atoms with Crippen LogP contribution in [0.25, 0.3) is 22.4 Å². The number of aromatic nitrogens is 1. The van der Waals surface area contributed by atoms with Gasteiger partial charge in [0.05, 0.1) is 16.2 Å². The van der Waals surface area contributed by atoms with Crippen molar-refractivity contribution in [2.24, 2.45) is 7.05 Å². The first-order chi connectivity index (χ1) is 34.2. The predicted octanol–water partition coefficient (Wildman–Crippen LogP) is 9.65. The molecule has 2 saturated heterocycles. The van der Waals surface area contributed by atoms with Crippen LogP contribution >= 0.6 is 23.4 Å². The van der Waals surface area contributed by atoms with Crippen LogP contribution in [0.15, 0.2) is 131 Å². The minimum atomic E-state index is -3.83. The van der Waals surface area contributed by atoms with Crippen molar-refractivity contribution in [3.05, 3.63) is 143 Å². The number of carbonyl (C=O) groups excluding carboxylic acids is 1. The fourth-order valence-corrected chi connectivity index (χ4v) is 11.8. The van der Waals surface area contributed by atoms with E-state index in [9.17, 15) is 13.2 Å². The number of amides is 1. The molecule has 0 saturated carbocycles. The number of rotatable bonds is 20. The predicted molar refractivity (Wildman–Crippen MR) is 298 cm³/mol. The van der Waals surface area contributed by atoms with Crippen molar-refractivity contribution in [1.29, 1.82) is 0 Å². The average molecular weight is 1020 g/mol. The van der Waals surface area contributed by atoms with Crippen LogP contribution in [0.5, 0.6) is 0 Å². The Morgan fingerprint density at radius 2 is 1.45 bits per heavy atom. The van der Waals surface area contributed by atoms with Crippen LogP contribution in [-0.2, 0) is 17.1 Å². The summed E-state index contributed by atoms with van der Waals surface area (Å²) in [5.74, 6) is 0.831. The molecule has 0 radical (unpaired) electrons. The number of thioether (sulfide) groups is 1. The molecular formula is C56H70ClN9O3S2. The zero-order valence-corrected chi connectivity index (χ0v) is 44.5. The van der Waals surface area contributed by atoms with Gasteiger partial charge in [-0.1, -0.05) is 54.1 Å². The number of sulfonamides is 1. The van der Waals surface area contributed by atoms with E-state index in [1.54, 1.807) is 12.1 Å². The van der Waals surface area contributed by atoms with Gasteiger partial charge in [0.1, 0.15) is 0 Å². The second-order valence-corrected chi connectivity index (χ2v) is 22.4. The summed E-state index contributed by atoms with van der Waals surface area (Å²) in [6.45, 7) is 13.9. The van der Waals surface area contributed by atoms with Gasteiger partial charge in [0, 0.05) is 122 Å². The maximum atomic E-state index is 14.2. The normalized spacial score (nSPS) is 15.3. The fraction of sp³-hybridized carbons (Fsp3) is 0.375. The van der Waals surface area contributed by atoms with E-state index in [-0.39, 0.29) is 16.8 Å². The van der Waals surface area contributed by atoms with E-state index in [4.69, 9.17) is 11.6 Å². The molecule has 2 aliphatic heterocycles. The molecule has 0 aliphatic carbocycles. The van der Waals surface area contributed by atoms with Crippen LogP contribution in [-0.4, -0.2) is 139 Å². The Labute approximate surface area is 431 Å². The third kappa shape index (κ3) is 13.3. The molecule has 3 N–H and O–H groups in total. The Morgan fingerprint density at radius 3 is 2.13 bits per heavy atom. The van der Waals surface area contributed by atoms with Gasteiger partial charge in [0.2, 0.25) is 0 Å². The van der Waals surface area contributed by atoms with E-state index in [1.807, 2.05) is 93.3 Å². The topological polar surface area (TPSA) is 108 Å². The van der Waals surface area contributed by atoms with Crippen LogP contribution < -0.4 is 25.2 Å². The number of halogens is 1. The van der Waals surface area contributed by atoms with Gasteiger partial charge in [-0.25, -0.2) is 8.42 Å². The van der Waals surface area contributed by atoms with E-state index in [0.717, 1.165) is 135 Å². The van der Waals surface area contributed by atoms with E-state index in [0.29, 0.717) is 22.8 Å². The highest BCUT2D eigenvalue weighted by Gasteiger charge is 2.27. The molecule has 3 heterocycles. The highest BCUT2D eigenvalue weighted by atomic mass is 35.5. The Hall–Kier alpha value is -5.48. The molecule has 5 aromatic carbocycles. The summed E-state index contributed by atoms with van der Waals surface area (Å²) in [4.78, 5) is 27.4. The number of anilines is 4. The molecule has 2 aliphatic rings. The van der Waals surface area contributed by atoms with Gasteiger partial charge >= 0.3 is 0 Å². The van der Waals surface area contributed by atoms with Gasteiger partial charge in [-0.2, -0.15) is 0 Å². The van der Waals surface area contributed by atoms with Crippen molar-refractivity contribution < 1.29 is 13.2 Å². The maximum Gasteiger partial charge on any atom is 0.261 e. The molecule has 0 bridgehead atoms. The summed E-state index contributed by atoms with van der Waals surface area (Å²) in [5.41, 5.74) is 9.93. The average Bonchev–Trinajstić information content (AvgIpc) is 3.64. The smallest absolute Gasteiger partial charge is 0.261 e. The lowest BCUT2D eigenvalue weighted by atomic mass is 9.95. The molecule has 0 spiro atoms. The van der Waals surface area contributed by atoms with Gasteiger partial charge < -0.3 is 39.7 Å². The van der Waals surface area contributed by atoms with Crippen LogP contribution in [0.1, 0.15) is 34.5 Å². The lowest BCUT2D eigenvalue weighted by molar-refractivity contribution is 0.0949. The second-order valence-electron chi connectivity index (χ2n) is 19.2. The van der Waals surface area contributed by atoms with E-state index in [2.05, 4.69) is 114 Å². The zero-order chi connectivity index (χ0) is 50.1. The van der Waals surface area contributed by atoms with Crippen molar-refractivity contribution in [3.63, 3.8) is 0 Å². The molecule has 1 aromatic heterocycles. The molecule has 1 atom stereocenters. The molecule has 376 valence electrons. The Bertz CT molecular complexity index is 2830. The summed E-state index contributed by atoms with van der Waals surface area (Å²) in [5, 5.41) is 7.64. The maximum absolute atomic E-state index is 14.2. The van der Waals surface area contributed by atoms with Crippen molar-refractivity contribution in [3.8, 4) is 22.4 Å². The Morgan fingerprint density at radius 1 is 0.761 bits per heavy atom. The van der Waals surface area contributed by atoms with Crippen molar-refractivity contribution >= 4 is 62.0 Å². The highest BCUT2D eigenvalue weighted by Crippen LogP contribution is 2.40. The Balaban J connectivity index is 0.904. The van der Waals surface area contributed by atoms with E-state index >= 15 is 0 Å². The number of hydrogen-bond acceptors (Lipinski definition) is 10. The molecule has 15 heteroatoms. The third-order valence-electron chi connectivity index (χ3n) is 13.8. The number of carbonyl (C=O) groups is 1. The van der Waals surface area contributed by atoms with Crippen LogP contribution in [0.4, 0.5) is 22.7 Å². The van der Waals surface area contributed by atoms with Crippen molar-refractivity contribution in [2.45, 2.75) is 42.5 Å². The number of likely N-dealkylation sites (N-methyl/N-ethyl adjacent to an activating group) is 1. The molecule has 0 unspecified atom stereocenters. The van der Waals surface area contributed by atoms with Crippen LogP contribution in [0, 0.1) is 13.8 Å². The quantitative estimate of drug-likeness (QED) is 0.0506. The molecule has 71 heavy (non-hydrogen) atoms. The Kier molecular flexibility index (Phi) is 17.4. The minimum Gasteiger partial charge on any atom is -0.381 e. The third-order valence-corrected chi connectivity index (χ3v) is 16.6. The molecular weight excluding hydrogens is 946 g/mol. The summed E-state index contributed by atoms with van der Waals surface area (Å²) >= 11 is 8.18. The number of benzene rings is 5.